The molecule has 0 saturated heterocycles. The largest absolute Gasteiger partial charge is 0.226 e. The first-order chi connectivity index (χ1) is 17.2. The number of aryl methyl sites for hydroxylation is 1. The smallest absolute Gasteiger partial charge is 0.209 e. The van der Waals surface area contributed by atoms with Crippen LogP contribution in [0.4, 0.5) is 0 Å². The normalized spacial score (nSPS) is 10.9. The van der Waals surface area contributed by atoms with Crippen molar-refractivity contribution in [2.75, 3.05) is 0 Å². The van der Waals surface area contributed by atoms with Crippen molar-refractivity contribution in [3.8, 4) is 23.1 Å². The number of para-hydroxylation sites is 1. The molecule has 7 nitrogen and oxygen atoms in total. The second kappa shape index (κ2) is 10.4. The zero-order valence-electron chi connectivity index (χ0n) is 19.2. The summed E-state index contributed by atoms with van der Waals surface area (Å²) in [4.78, 5) is 1.57. The fraction of sp³-hybridized carbons (Fsp3) is 0.148. The van der Waals surface area contributed by atoms with Gasteiger partial charge in [0.2, 0.25) is 5.82 Å². The summed E-state index contributed by atoms with van der Waals surface area (Å²) in [5.74, 6) is 1.34. The molecule has 0 spiro atoms. The van der Waals surface area contributed by atoms with E-state index in [1.54, 1.807) is 28.7 Å². The molecule has 0 aliphatic rings. The van der Waals surface area contributed by atoms with Crippen LogP contribution in [-0.4, -0.2) is 30.0 Å². The van der Waals surface area contributed by atoms with Crippen molar-refractivity contribution in [3.05, 3.63) is 107 Å². The van der Waals surface area contributed by atoms with Crippen LogP contribution in [0.15, 0.2) is 90.1 Å². The summed E-state index contributed by atoms with van der Waals surface area (Å²) < 4.78 is 1.99. The van der Waals surface area contributed by atoms with E-state index in [-0.39, 0.29) is 0 Å². The average Bonchev–Trinajstić information content (AvgIpc) is 3.55. The Morgan fingerprint density at radius 1 is 0.914 bits per heavy atom. The lowest BCUT2D eigenvalue weighted by Gasteiger charge is -2.12. The highest BCUT2D eigenvalue weighted by atomic mass is 32.2. The van der Waals surface area contributed by atoms with E-state index in [2.05, 4.69) is 70.9 Å². The number of hydrogen-bond acceptors (Lipinski definition) is 6. The molecule has 2 aromatic heterocycles. The lowest BCUT2D eigenvalue weighted by Crippen LogP contribution is -2.04. The van der Waals surface area contributed by atoms with Crippen LogP contribution >= 0.6 is 11.8 Å². The number of hydrogen-bond donors (Lipinski definition) is 0. The molecule has 0 N–H and O–H groups in total. The van der Waals surface area contributed by atoms with Crippen LogP contribution in [0.2, 0.25) is 0 Å². The van der Waals surface area contributed by atoms with E-state index in [0.29, 0.717) is 17.9 Å². The zero-order chi connectivity index (χ0) is 24.0. The van der Waals surface area contributed by atoms with Gasteiger partial charge in [-0.3, -0.25) is 0 Å². The van der Waals surface area contributed by atoms with E-state index >= 15 is 0 Å². The van der Waals surface area contributed by atoms with Gasteiger partial charge in [-0.15, -0.1) is 22.0 Å². The molecule has 3 aromatic carbocycles. The Hall–Kier alpha value is -4.22. The van der Waals surface area contributed by atoms with Crippen LogP contribution < -0.4 is 0 Å². The van der Waals surface area contributed by atoms with Crippen molar-refractivity contribution in [1.82, 2.24) is 30.0 Å². The maximum Gasteiger partial charge on any atom is 0.209 e. The van der Waals surface area contributed by atoms with E-state index in [0.717, 1.165) is 34.0 Å². The lowest BCUT2D eigenvalue weighted by atomic mass is 10.1. The van der Waals surface area contributed by atoms with E-state index in [9.17, 15) is 0 Å². The van der Waals surface area contributed by atoms with Crippen LogP contribution in [0.5, 0.6) is 0 Å². The van der Waals surface area contributed by atoms with Crippen molar-refractivity contribution in [2.45, 2.75) is 30.7 Å². The average molecular weight is 478 g/mol. The third kappa shape index (κ3) is 5.00. The number of aromatic nitrogens is 6. The van der Waals surface area contributed by atoms with Gasteiger partial charge >= 0.3 is 0 Å². The molecule has 0 amide bonds. The highest BCUT2D eigenvalue weighted by molar-refractivity contribution is 7.98. The van der Waals surface area contributed by atoms with Crippen LogP contribution in [-0.2, 0) is 18.7 Å². The standard InChI is InChI=1S/C27H23N7S/c1-2-23-10-6-7-11-25(23)34-27(35-19-22-8-4-3-5-9-22)24(17-29-34)26-30-32-33(31-26)18-21-14-12-20(16-28)13-15-21/h3-15,17H,2,18-19H2,1H3. The van der Waals surface area contributed by atoms with Crippen molar-refractivity contribution in [1.29, 1.82) is 5.26 Å². The van der Waals surface area contributed by atoms with Gasteiger partial charge in [0, 0.05) is 5.75 Å². The molecule has 35 heavy (non-hydrogen) atoms. The number of nitriles is 1. The van der Waals surface area contributed by atoms with Gasteiger partial charge in [0.05, 0.1) is 35.6 Å². The summed E-state index contributed by atoms with van der Waals surface area (Å²) in [5, 5.41) is 28.0. The van der Waals surface area contributed by atoms with Gasteiger partial charge in [-0.1, -0.05) is 67.6 Å². The Kier molecular flexibility index (Phi) is 6.68. The van der Waals surface area contributed by atoms with Gasteiger partial charge in [-0.25, -0.2) is 4.68 Å². The minimum atomic E-state index is 0.470. The van der Waals surface area contributed by atoms with E-state index in [1.807, 2.05) is 35.1 Å². The van der Waals surface area contributed by atoms with Gasteiger partial charge in [0.1, 0.15) is 5.03 Å². The van der Waals surface area contributed by atoms with Gasteiger partial charge in [-0.2, -0.15) is 15.2 Å². The molecule has 5 aromatic rings. The van der Waals surface area contributed by atoms with E-state index < -0.39 is 0 Å². The summed E-state index contributed by atoms with van der Waals surface area (Å²) in [6, 6.07) is 28.2. The number of nitrogens with zero attached hydrogens (tertiary/aromatic N) is 7. The second-order valence-corrected chi connectivity index (χ2v) is 8.95. The SMILES string of the molecule is CCc1ccccc1-n1ncc(-c2nnn(Cc3ccc(C#N)cc3)n2)c1SCc1ccccc1. The maximum atomic E-state index is 9.01. The van der Waals surface area contributed by atoms with Gasteiger partial charge in [-0.05, 0) is 46.5 Å². The highest BCUT2D eigenvalue weighted by Crippen LogP contribution is 2.34. The predicted octanol–water partition coefficient (Wildman–Crippen LogP) is 5.30. The van der Waals surface area contributed by atoms with Crippen LogP contribution in [0.25, 0.3) is 17.1 Å². The third-order valence-corrected chi connectivity index (χ3v) is 6.79. The fourth-order valence-corrected chi connectivity index (χ4v) is 4.87. The summed E-state index contributed by atoms with van der Waals surface area (Å²) in [6.07, 6.45) is 2.73. The summed E-state index contributed by atoms with van der Waals surface area (Å²) >= 11 is 1.71. The molecule has 0 bridgehead atoms. The highest BCUT2D eigenvalue weighted by Gasteiger charge is 2.20. The Morgan fingerprint density at radius 2 is 1.69 bits per heavy atom. The predicted molar refractivity (Wildman–Crippen MR) is 136 cm³/mol. The van der Waals surface area contributed by atoms with Gasteiger partial charge < -0.3 is 0 Å². The number of tetrazole rings is 1. The zero-order valence-corrected chi connectivity index (χ0v) is 20.1. The Labute approximate surface area is 208 Å². The summed E-state index contributed by atoms with van der Waals surface area (Å²) in [5.41, 5.74) is 5.99. The van der Waals surface area contributed by atoms with Crippen LogP contribution in [0, 0.1) is 11.3 Å². The first kappa shape index (κ1) is 22.6. The third-order valence-electron chi connectivity index (χ3n) is 5.64. The van der Waals surface area contributed by atoms with E-state index in [4.69, 9.17) is 10.4 Å². The molecule has 0 fully saturated rings. The van der Waals surface area contributed by atoms with Gasteiger partial charge in [0.25, 0.3) is 0 Å². The monoisotopic (exact) mass is 477 g/mol. The fourth-order valence-electron chi connectivity index (χ4n) is 3.81. The number of rotatable bonds is 8. The molecule has 0 unspecified atom stereocenters. The Balaban J connectivity index is 1.48. The maximum absolute atomic E-state index is 9.01. The molecule has 0 saturated carbocycles. The molecule has 0 aliphatic heterocycles. The first-order valence-corrected chi connectivity index (χ1v) is 12.3. The Bertz CT molecular complexity index is 1460. The molecular formula is C27H23N7S. The minimum Gasteiger partial charge on any atom is -0.226 e. The quantitative estimate of drug-likeness (QED) is 0.282. The lowest BCUT2D eigenvalue weighted by molar-refractivity contribution is 0.573. The summed E-state index contributed by atoms with van der Waals surface area (Å²) in [7, 11) is 0. The molecule has 0 radical (unpaired) electrons. The second-order valence-electron chi connectivity index (χ2n) is 7.98. The summed E-state index contributed by atoms with van der Waals surface area (Å²) in [6.45, 7) is 2.62. The number of benzene rings is 3. The Morgan fingerprint density at radius 3 is 2.46 bits per heavy atom. The number of thioether (sulfide) groups is 1. The van der Waals surface area contributed by atoms with Crippen molar-refractivity contribution < 1.29 is 0 Å². The van der Waals surface area contributed by atoms with Crippen LogP contribution in [0.1, 0.15) is 29.2 Å². The van der Waals surface area contributed by atoms with E-state index in [1.165, 1.54) is 11.1 Å². The molecule has 0 atom stereocenters. The van der Waals surface area contributed by atoms with Crippen molar-refractivity contribution in [3.63, 3.8) is 0 Å². The first-order valence-electron chi connectivity index (χ1n) is 11.4. The van der Waals surface area contributed by atoms with Crippen LogP contribution in [0.3, 0.4) is 0 Å². The molecule has 172 valence electrons. The molecule has 0 aliphatic carbocycles. The van der Waals surface area contributed by atoms with Gasteiger partial charge in [0.15, 0.2) is 0 Å². The topological polar surface area (TPSA) is 85.2 Å². The van der Waals surface area contributed by atoms with Crippen molar-refractivity contribution >= 4 is 11.8 Å². The minimum absolute atomic E-state index is 0.470. The molecule has 5 rings (SSSR count). The molecular weight excluding hydrogens is 454 g/mol. The van der Waals surface area contributed by atoms with Crippen molar-refractivity contribution in [2.24, 2.45) is 0 Å². The molecule has 8 heteroatoms. The molecule has 2 heterocycles.